The van der Waals surface area contributed by atoms with E-state index in [1.807, 2.05) is 24.3 Å². The van der Waals surface area contributed by atoms with Crippen LogP contribution < -0.4 is 4.90 Å². The molecule has 4 aromatic heterocycles. The number of furan rings is 3. The van der Waals surface area contributed by atoms with E-state index < -0.39 is 0 Å². The van der Waals surface area contributed by atoms with Gasteiger partial charge in [-0.2, -0.15) is 0 Å². The van der Waals surface area contributed by atoms with Crippen LogP contribution in [0.4, 0.5) is 5.69 Å². The molecule has 0 saturated carbocycles. The molecule has 5 nitrogen and oxygen atoms in total. The summed E-state index contributed by atoms with van der Waals surface area (Å²) in [6, 6.07) is 51.2. The first-order chi connectivity index (χ1) is 28.2. The van der Waals surface area contributed by atoms with Crippen molar-refractivity contribution in [3.05, 3.63) is 193 Å². The summed E-state index contributed by atoms with van der Waals surface area (Å²) in [5.41, 5.74) is 15.5. The van der Waals surface area contributed by atoms with E-state index in [-0.39, 0.29) is 6.04 Å². The molecular weight excluding hydrogens is 701 g/mol. The van der Waals surface area contributed by atoms with Crippen molar-refractivity contribution >= 4 is 82.9 Å². The Morgan fingerprint density at radius 3 is 1.86 bits per heavy atom. The average Bonchev–Trinajstić information content (AvgIpc) is 4.03. The summed E-state index contributed by atoms with van der Waals surface area (Å²) < 4.78 is 21.9. The van der Waals surface area contributed by atoms with Crippen LogP contribution in [0.3, 0.4) is 0 Å². The van der Waals surface area contributed by atoms with Gasteiger partial charge < -0.3 is 22.7 Å². The lowest BCUT2D eigenvalue weighted by Gasteiger charge is -2.36. The van der Waals surface area contributed by atoms with Gasteiger partial charge in [0.2, 0.25) is 0 Å². The molecule has 0 spiro atoms. The second kappa shape index (κ2) is 12.7. The first-order valence-electron chi connectivity index (χ1n) is 19.7. The van der Waals surface area contributed by atoms with Crippen LogP contribution in [0.5, 0.6) is 0 Å². The molecule has 0 amide bonds. The largest absolute Gasteiger partial charge is 0.456 e. The summed E-state index contributed by atoms with van der Waals surface area (Å²) in [7, 11) is 0. The number of aromatic nitrogens is 1. The minimum absolute atomic E-state index is 0.172. The predicted molar refractivity (Wildman–Crippen MR) is 234 cm³/mol. The SMILES string of the molecule is C1=CC(N(C2=CC=C(c3ccccc3)CC2)c2ccc3oc4cc(-n5c6c7ccccc7oc6c6oc7ccccc7c65)ccc4c3c2)CC=C1c1ccccc1. The van der Waals surface area contributed by atoms with Crippen LogP contribution in [-0.2, 0) is 0 Å². The van der Waals surface area contributed by atoms with Gasteiger partial charge in [-0.15, -0.1) is 0 Å². The van der Waals surface area contributed by atoms with Gasteiger partial charge in [0, 0.05) is 39.0 Å². The zero-order valence-corrected chi connectivity index (χ0v) is 31.1. The van der Waals surface area contributed by atoms with Crippen LogP contribution >= 0.6 is 0 Å². The zero-order chi connectivity index (χ0) is 37.5. The number of hydrogen-bond acceptors (Lipinski definition) is 4. The van der Waals surface area contributed by atoms with Gasteiger partial charge in [-0.25, -0.2) is 0 Å². The number of hydrogen-bond donors (Lipinski definition) is 0. The van der Waals surface area contributed by atoms with E-state index in [4.69, 9.17) is 13.3 Å². The lowest BCUT2D eigenvalue weighted by atomic mass is 9.92. The highest BCUT2D eigenvalue weighted by molar-refractivity contribution is 6.21. The average molecular weight is 737 g/mol. The molecule has 272 valence electrons. The Kier molecular flexibility index (Phi) is 7.11. The van der Waals surface area contributed by atoms with Crippen LogP contribution in [0.15, 0.2) is 195 Å². The molecule has 5 heteroatoms. The Balaban J connectivity index is 0.983. The van der Waals surface area contributed by atoms with Gasteiger partial charge in [0.25, 0.3) is 0 Å². The van der Waals surface area contributed by atoms with Gasteiger partial charge in [0.1, 0.15) is 33.4 Å². The molecule has 0 fully saturated rings. The topological polar surface area (TPSA) is 47.6 Å². The fraction of sp³-hybridized carbons (Fsp3) is 0.0769. The summed E-state index contributed by atoms with van der Waals surface area (Å²) >= 11 is 0. The van der Waals surface area contributed by atoms with Crippen molar-refractivity contribution in [2.24, 2.45) is 0 Å². The molecule has 0 radical (unpaired) electrons. The molecule has 12 rings (SSSR count). The summed E-state index contributed by atoms with van der Waals surface area (Å²) in [6.45, 7) is 0. The minimum atomic E-state index is 0.172. The van der Waals surface area contributed by atoms with E-state index in [2.05, 4.69) is 161 Å². The van der Waals surface area contributed by atoms with Crippen molar-refractivity contribution in [2.45, 2.75) is 25.3 Å². The molecular formula is C52H36N2O3. The maximum Gasteiger partial charge on any atom is 0.196 e. The molecule has 0 bridgehead atoms. The summed E-state index contributed by atoms with van der Waals surface area (Å²) in [6.07, 6.45) is 14.6. The molecule has 4 heterocycles. The third kappa shape index (κ3) is 5.09. The molecule has 2 aliphatic rings. The van der Waals surface area contributed by atoms with E-state index in [1.54, 1.807) is 0 Å². The van der Waals surface area contributed by atoms with Crippen molar-refractivity contribution in [2.75, 3.05) is 4.90 Å². The third-order valence-electron chi connectivity index (χ3n) is 11.9. The first kappa shape index (κ1) is 32.0. The van der Waals surface area contributed by atoms with Crippen molar-refractivity contribution in [3.63, 3.8) is 0 Å². The highest BCUT2D eigenvalue weighted by Gasteiger charge is 2.27. The van der Waals surface area contributed by atoms with Crippen molar-refractivity contribution in [1.82, 2.24) is 4.57 Å². The number of benzene rings is 6. The Bertz CT molecular complexity index is 3240. The number of allylic oxidation sites excluding steroid dienone is 6. The number of fused-ring (bicyclic) bond motifs is 10. The molecule has 10 aromatic rings. The van der Waals surface area contributed by atoms with Crippen molar-refractivity contribution in [1.29, 1.82) is 0 Å². The molecule has 2 aliphatic carbocycles. The normalized spacial score (nSPS) is 15.9. The fourth-order valence-electron chi connectivity index (χ4n) is 9.16. The lowest BCUT2D eigenvalue weighted by Crippen LogP contribution is -2.34. The second-order valence-electron chi connectivity index (χ2n) is 15.1. The molecule has 0 N–H and O–H groups in total. The van der Waals surface area contributed by atoms with Crippen LogP contribution in [0.1, 0.15) is 30.4 Å². The van der Waals surface area contributed by atoms with Gasteiger partial charge in [0.05, 0.1) is 11.7 Å². The Morgan fingerprint density at radius 1 is 0.526 bits per heavy atom. The van der Waals surface area contributed by atoms with Gasteiger partial charge in [-0.05, 0) is 102 Å². The molecule has 6 aromatic carbocycles. The van der Waals surface area contributed by atoms with Crippen LogP contribution in [-0.4, -0.2) is 10.6 Å². The monoisotopic (exact) mass is 736 g/mol. The first-order valence-corrected chi connectivity index (χ1v) is 19.7. The van der Waals surface area contributed by atoms with Crippen molar-refractivity contribution < 1.29 is 13.3 Å². The molecule has 0 saturated heterocycles. The molecule has 1 unspecified atom stereocenters. The third-order valence-corrected chi connectivity index (χ3v) is 11.9. The smallest absolute Gasteiger partial charge is 0.196 e. The Hall–Kier alpha value is -7.24. The van der Waals surface area contributed by atoms with E-state index in [1.165, 1.54) is 28.0 Å². The standard InChI is InChI=1S/C52H36N2O3/c1-3-11-33(12-4-1)35-19-23-37(24-20-35)53(38-25-21-36(22-26-38)34-13-5-2-6-14-34)39-28-30-47-44(31-39)41-29-27-40(32-48(41)55-47)54-49-42-15-7-9-17-45(42)56-51(49)52-50(54)43-16-8-10-18-46(43)57-52/h1-21,23,25,27-32,37H,22,24,26H2. The van der Waals surface area contributed by atoms with E-state index in [0.29, 0.717) is 0 Å². The predicted octanol–water partition coefficient (Wildman–Crippen LogP) is 14.2. The fourth-order valence-corrected chi connectivity index (χ4v) is 9.16. The second-order valence-corrected chi connectivity index (χ2v) is 15.1. The lowest BCUT2D eigenvalue weighted by molar-refractivity contribution is 0.634. The van der Waals surface area contributed by atoms with E-state index in [0.717, 1.165) is 96.7 Å². The maximum absolute atomic E-state index is 6.68. The maximum atomic E-state index is 6.68. The summed E-state index contributed by atoms with van der Waals surface area (Å²) in [5.74, 6) is 0. The van der Waals surface area contributed by atoms with Crippen LogP contribution in [0.2, 0.25) is 0 Å². The quantitative estimate of drug-likeness (QED) is 0.171. The van der Waals surface area contributed by atoms with Gasteiger partial charge in [-0.3, -0.25) is 0 Å². The van der Waals surface area contributed by atoms with E-state index in [9.17, 15) is 0 Å². The number of rotatable bonds is 6. The van der Waals surface area contributed by atoms with Crippen LogP contribution in [0.25, 0.3) is 82.9 Å². The van der Waals surface area contributed by atoms with Gasteiger partial charge in [0.15, 0.2) is 11.2 Å². The zero-order valence-electron chi connectivity index (χ0n) is 31.1. The number of nitrogens with zero attached hydrogens (tertiary/aromatic N) is 2. The Morgan fingerprint density at radius 2 is 1.19 bits per heavy atom. The van der Waals surface area contributed by atoms with Crippen molar-refractivity contribution in [3.8, 4) is 5.69 Å². The highest BCUT2D eigenvalue weighted by Crippen LogP contribution is 2.44. The minimum Gasteiger partial charge on any atom is -0.456 e. The number of para-hydroxylation sites is 2. The van der Waals surface area contributed by atoms with Gasteiger partial charge >= 0.3 is 0 Å². The van der Waals surface area contributed by atoms with Gasteiger partial charge in [-0.1, -0.05) is 109 Å². The highest BCUT2D eigenvalue weighted by atomic mass is 16.4. The molecule has 1 atom stereocenters. The number of anilines is 1. The summed E-state index contributed by atoms with van der Waals surface area (Å²) in [4.78, 5) is 2.54. The Labute approximate surface area is 328 Å². The molecule has 57 heavy (non-hydrogen) atoms. The molecule has 0 aliphatic heterocycles. The van der Waals surface area contributed by atoms with E-state index >= 15 is 0 Å². The van der Waals surface area contributed by atoms with Crippen LogP contribution in [0, 0.1) is 0 Å². The summed E-state index contributed by atoms with van der Waals surface area (Å²) in [5, 5.41) is 4.27.